The van der Waals surface area contributed by atoms with E-state index in [1.54, 1.807) is 17.2 Å². The zero-order valence-corrected chi connectivity index (χ0v) is 16.7. The quantitative estimate of drug-likeness (QED) is 0.525. The number of ether oxygens (including phenoxy) is 1. The number of aromatic amines is 2. The minimum absolute atomic E-state index is 0.208. The number of rotatable bonds is 3. The Kier molecular flexibility index (Phi) is 4.74. The first kappa shape index (κ1) is 19.4. The van der Waals surface area contributed by atoms with Crippen LogP contribution in [0, 0.1) is 18.6 Å². The van der Waals surface area contributed by atoms with Gasteiger partial charge >= 0.3 is 0 Å². The van der Waals surface area contributed by atoms with Crippen LogP contribution in [0.25, 0.3) is 22.3 Å². The van der Waals surface area contributed by atoms with E-state index in [1.165, 1.54) is 6.07 Å². The molecule has 4 aromatic rings. The zero-order valence-electron chi connectivity index (χ0n) is 16.7. The van der Waals surface area contributed by atoms with Gasteiger partial charge in [0, 0.05) is 23.2 Å². The van der Waals surface area contributed by atoms with E-state index in [2.05, 4.69) is 20.2 Å². The van der Waals surface area contributed by atoms with Crippen molar-refractivity contribution in [1.29, 1.82) is 0 Å². The van der Waals surface area contributed by atoms with Crippen molar-refractivity contribution in [3.8, 4) is 11.3 Å². The summed E-state index contributed by atoms with van der Waals surface area (Å²) < 4.78 is 32.6. The number of aryl methyl sites for hydroxylation is 1. The highest BCUT2D eigenvalue weighted by Gasteiger charge is 2.31. The SMILES string of the molecule is Cc1[nH]ncc1-c1ccc2cc(C(=O)N3CCOCC3c3ccc(F)c(F)c3)[nH]c2n1. The van der Waals surface area contributed by atoms with Crippen molar-refractivity contribution < 1.29 is 18.3 Å². The number of fused-ring (bicyclic) bond motifs is 1. The number of benzene rings is 1. The Morgan fingerprint density at radius 2 is 2.06 bits per heavy atom. The predicted octanol–water partition coefficient (Wildman–Crippen LogP) is 3.75. The smallest absolute Gasteiger partial charge is 0.271 e. The molecule has 1 atom stereocenters. The van der Waals surface area contributed by atoms with Gasteiger partial charge in [-0.25, -0.2) is 13.8 Å². The van der Waals surface area contributed by atoms with Crippen LogP contribution in [-0.2, 0) is 4.74 Å². The second-order valence-corrected chi connectivity index (χ2v) is 7.49. The molecule has 1 unspecified atom stereocenters. The average molecular weight is 423 g/mol. The highest BCUT2D eigenvalue weighted by atomic mass is 19.2. The van der Waals surface area contributed by atoms with Crippen LogP contribution in [0.1, 0.15) is 27.8 Å². The van der Waals surface area contributed by atoms with Gasteiger partial charge in [0.25, 0.3) is 5.91 Å². The summed E-state index contributed by atoms with van der Waals surface area (Å²) in [5.41, 5.74) is 3.97. The molecule has 0 bridgehead atoms. The molecule has 3 aromatic heterocycles. The van der Waals surface area contributed by atoms with Crippen LogP contribution >= 0.6 is 0 Å². The maximum atomic E-state index is 13.8. The van der Waals surface area contributed by atoms with Crippen LogP contribution < -0.4 is 0 Å². The van der Waals surface area contributed by atoms with E-state index in [0.717, 1.165) is 34.5 Å². The number of carbonyl (C=O) groups excluding carboxylic acids is 1. The molecule has 1 aromatic carbocycles. The third-order valence-corrected chi connectivity index (χ3v) is 5.53. The molecule has 4 heterocycles. The second-order valence-electron chi connectivity index (χ2n) is 7.49. The Balaban J connectivity index is 1.47. The van der Waals surface area contributed by atoms with Crippen molar-refractivity contribution in [2.45, 2.75) is 13.0 Å². The number of morpholine rings is 1. The van der Waals surface area contributed by atoms with Crippen molar-refractivity contribution >= 4 is 16.9 Å². The first-order valence-corrected chi connectivity index (χ1v) is 9.85. The molecule has 5 rings (SSSR count). The molecule has 2 N–H and O–H groups in total. The lowest BCUT2D eigenvalue weighted by atomic mass is 10.0. The van der Waals surface area contributed by atoms with Crippen LogP contribution in [0.5, 0.6) is 0 Å². The molecule has 1 aliphatic heterocycles. The summed E-state index contributed by atoms with van der Waals surface area (Å²) in [7, 11) is 0. The lowest BCUT2D eigenvalue weighted by Gasteiger charge is -2.35. The van der Waals surface area contributed by atoms with Gasteiger partial charge in [-0.2, -0.15) is 5.10 Å². The molecule has 1 fully saturated rings. The normalized spacial score (nSPS) is 16.7. The number of nitrogens with zero attached hydrogens (tertiary/aromatic N) is 3. The molecule has 0 radical (unpaired) electrons. The molecule has 0 spiro atoms. The monoisotopic (exact) mass is 423 g/mol. The van der Waals surface area contributed by atoms with E-state index < -0.39 is 17.7 Å². The van der Waals surface area contributed by atoms with Crippen LogP contribution in [0.2, 0.25) is 0 Å². The standard InChI is InChI=1S/C22H19F2N5O2/c1-12-15(10-25-28-12)18-5-3-14-9-19(27-21(14)26-18)22(30)29-6-7-31-11-20(29)13-2-4-16(23)17(24)8-13/h2-5,8-10,20H,6-7,11H2,1H3,(H,25,28)(H,26,27). The number of halogens is 2. The minimum Gasteiger partial charge on any atom is -0.377 e. The van der Waals surface area contributed by atoms with Crippen molar-refractivity contribution in [3.63, 3.8) is 0 Å². The molecule has 1 amide bonds. The maximum absolute atomic E-state index is 13.8. The van der Waals surface area contributed by atoms with Crippen molar-refractivity contribution in [3.05, 3.63) is 71.2 Å². The minimum atomic E-state index is -0.952. The van der Waals surface area contributed by atoms with Crippen molar-refractivity contribution in [2.75, 3.05) is 19.8 Å². The number of hydrogen-bond acceptors (Lipinski definition) is 4. The number of amides is 1. The molecule has 1 saturated heterocycles. The van der Waals surface area contributed by atoms with Gasteiger partial charge in [-0.1, -0.05) is 6.07 Å². The Morgan fingerprint density at radius 1 is 1.19 bits per heavy atom. The maximum Gasteiger partial charge on any atom is 0.271 e. The topological polar surface area (TPSA) is 86.9 Å². The lowest BCUT2D eigenvalue weighted by molar-refractivity contribution is -0.00306. The molecule has 0 saturated carbocycles. The molecule has 7 nitrogen and oxygen atoms in total. The molecule has 0 aliphatic carbocycles. The number of H-pyrrole nitrogens is 2. The molecule has 31 heavy (non-hydrogen) atoms. The Bertz CT molecular complexity index is 1280. The van der Waals surface area contributed by atoms with Crippen molar-refractivity contribution in [2.24, 2.45) is 0 Å². The van der Waals surface area contributed by atoms with Gasteiger partial charge in [0.2, 0.25) is 0 Å². The zero-order chi connectivity index (χ0) is 21.5. The van der Waals surface area contributed by atoms with Gasteiger partial charge in [-0.05, 0) is 42.8 Å². The lowest BCUT2D eigenvalue weighted by Crippen LogP contribution is -2.43. The summed E-state index contributed by atoms with van der Waals surface area (Å²) in [6.45, 7) is 2.83. The van der Waals surface area contributed by atoms with Crippen LogP contribution in [-0.4, -0.2) is 50.7 Å². The van der Waals surface area contributed by atoms with Crippen LogP contribution in [0.15, 0.2) is 42.6 Å². The Morgan fingerprint density at radius 3 is 2.84 bits per heavy atom. The first-order valence-electron chi connectivity index (χ1n) is 9.85. The van der Waals surface area contributed by atoms with E-state index in [9.17, 15) is 13.6 Å². The second kappa shape index (κ2) is 7.59. The van der Waals surface area contributed by atoms with Gasteiger partial charge in [-0.15, -0.1) is 0 Å². The molecule has 158 valence electrons. The molecule has 1 aliphatic rings. The van der Waals surface area contributed by atoms with E-state index in [4.69, 9.17) is 4.74 Å². The highest BCUT2D eigenvalue weighted by molar-refractivity contribution is 5.98. The Hall–Kier alpha value is -3.59. The third kappa shape index (κ3) is 3.46. The summed E-state index contributed by atoms with van der Waals surface area (Å²) in [4.78, 5) is 22.6. The van der Waals surface area contributed by atoms with E-state index >= 15 is 0 Å². The van der Waals surface area contributed by atoms with Crippen molar-refractivity contribution in [1.82, 2.24) is 25.1 Å². The van der Waals surface area contributed by atoms with Gasteiger partial charge in [0.1, 0.15) is 11.3 Å². The summed E-state index contributed by atoms with van der Waals surface area (Å²) in [5.74, 6) is -2.13. The predicted molar refractivity (Wildman–Crippen MR) is 109 cm³/mol. The summed E-state index contributed by atoms with van der Waals surface area (Å²) >= 11 is 0. The Labute approximate surface area is 176 Å². The summed E-state index contributed by atoms with van der Waals surface area (Å²) in [6, 6.07) is 8.65. The van der Waals surface area contributed by atoms with Crippen LogP contribution in [0.3, 0.4) is 0 Å². The van der Waals surface area contributed by atoms with E-state index in [1.807, 2.05) is 19.1 Å². The fraction of sp³-hybridized carbons (Fsp3) is 0.227. The van der Waals surface area contributed by atoms with Gasteiger partial charge < -0.3 is 14.6 Å². The summed E-state index contributed by atoms with van der Waals surface area (Å²) in [6.07, 6.45) is 1.71. The number of hydrogen-bond donors (Lipinski definition) is 2. The molecule has 9 heteroatoms. The highest BCUT2D eigenvalue weighted by Crippen LogP contribution is 2.28. The van der Waals surface area contributed by atoms with Crippen LogP contribution in [0.4, 0.5) is 8.78 Å². The fourth-order valence-corrected chi connectivity index (χ4v) is 3.88. The largest absolute Gasteiger partial charge is 0.377 e. The number of aromatic nitrogens is 4. The molecular weight excluding hydrogens is 404 g/mol. The van der Waals surface area contributed by atoms with Gasteiger partial charge in [0.05, 0.1) is 31.1 Å². The average Bonchev–Trinajstić information content (AvgIpc) is 3.40. The van der Waals surface area contributed by atoms with E-state index in [0.29, 0.717) is 30.1 Å². The third-order valence-electron chi connectivity index (χ3n) is 5.53. The van der Waals surface area contributed by atoms with Gasteiger partial charge in [-0.3, -0.25) is 9.89 Å². The summed E-state index contributed by atoms with van der Waals surface area (Å²) in [5, 5.41) is 7.71. The van der Waals surface area contributed by atoms with E-state index in [-0.39, 0.29) is 12.5 Å². The number of pyridine rings is 1. The van der Waals surface area contributed by atoms with Gasteiger partial charge in [0.15, 0.2) is 11.6 Å². The molecular formula is C22H19F2N5O2. The number of nitrogens with one attached hydrogen (secondary N) is 2. The fourth-order valence-electron chi connectivity index (χ4n) is 3.88. The first-order chi connectivity index (χ1) is 15.0. The number of carbonyl (C=O) groups is 1.